The number of rotatable bonds is 6. The van der Waals surface area contributed by atoms with Crippen LogP contribution in [-0.2, 0) is 9.53 Å². The average Bonchev–Trinajstić information content (AvgIpc) is 3.27. The van der Waals surface area contributed by atoms with E-state index in [1.165, 1.54) is 6.92 Å². The molecule has 10 heteroatoms. The summed E-state index contributed by atoms with van der Waals surface area (Å²) in [6.07, 6.45) is -0.658. The molecule has 1 aliphatic rings. The van der Waals surface area contributed by atoms with Gasteiger partial charge in [-0.1, -0.05) is 0 Å². The monoisotopic (exact) mass is 367 g/mol. The first kappa shape index (κ1) is 18.9. The van der Waals surface area contributed by atoms with Gasteiger partial charge in [0, 0.05) is 12.6 Å². The quantitative estimate of drug-likeness (QED) is 0.148. The van der Waals surface area contributed by atoms with Gasteiger partial charge in [0.05, 0.1) is 18.2 Å². The van der Waals surface area contributed by atoms with Crippen molar-refractivity contribution in [2.45, 2.75) is 25.6 Å². The van der Waals surface area contributed by atoms with Gasteiger partial charge in [0.25, 0.3) is 0 Å². The molecule has 0 N–H and O–H groups in total. The minimum absolute atomic E-state index is 0.0305. The lowest BCUT2D eigenvalue weighted by molar-refractivity contribution is -0.144. The van der Waals surface area contributed by atoms with Crippen LogP contribution in [0.5, 0.6) is 0 Å². The molecule has 2 rings (SSSR count). The second-order valence-electron chi connectivity index (χ2n) is 5.16. The Bertz CT molecular complexity index is 722. The lowest BCUT2D eigenvalue weighted by Gasteiger charge is -2.12. The predicted octanol–water partition coefficient (Wildman–Crippen LogP) is 2.93. The molecule has 1 aromatic rings. The van der Waals surface area contributed by atoms with E-state index in [0.717, 1.165) is 0 Å². The summed E-state index contributed by atoms with van der Waals surface area (Å²) in [7, 11) is 0. The third kappa shape index (κ3) is 3.67. The first-order valence-electron chi connectivity index (χ1n) is 7.10. The molecule has 136 valence electrons. The Kier molecular flexibility index (Phi) is 5.48. The molecule has 4 nitrogen and oxygen atoms in total. The van der Waals surface area contributed by atoms with Gasteiger partial charge in [-0.25, -0.2) is 26.3 Å². The zero-order valence-electron chi connectivity index (χ0n) is 12.7. The van der Waals surface area contributed by atoms with Crippen LogP contribution < -0.4 is 0 Å². The predicted molar refractivity (Wildman–Crippen MR) is 72.5 cm³/mol. The van der Waals surface area contributed by atoms with Crippen LogP contribution in [0.1, 0.15) is 23.7 Å². The third-order valence-corrected chi connectivity index (χ3v) is 3.39. The standard InChI is InChI=1S/C15H11F6NO3/c1-2-25-15(24)5(4-22-7-3-6(7)16)14(23)8-9(17)11(19)13(21)12(20)10(8)18/h4-7H,2-3H2,1H3/t5?,6-,7-/m1/s1. The molecular weight excluding hydrogens is 356 g/mol. The summed E-state index contributed by atoms with van der Waals surface area (Å²) in [5.74, 6) is -17.0. The first-order chi connectivity index (χ1) is 11.7. The highest BCUT2D eigenvalue weighted by Gasteiger charge is 2.39. The molecule has 1 saturated carbocycles. The lowest BCUT2D eigenvalue weighted by Crippen LogP contribution is -2.30. The number of hydrogen-bond acceptors (Lipinski definition) is 4. The van der Waals surface area contributed by atoms with Crippen molar-refractivity contribution in [1.29, 1.82) is 0 Å². The number of carbonyl (C=O) groups is 2. The maximum Gasteiger partial charge on any atom is 0.322 e. The number of ketones is 1. The maximum absolute atomic E-state index is 13.7. The summed E-state index contributed by atoms with van der Waals surface area (Å²) in [4.78, 5) is 27.6. The van der Waals surface area contributed by atoms with E-state index in [0.29, 0.717) is 6.21 Å². The Morgan fingerprint density at radius 3 is 2.04 bits per heavy atom. The number of carbonyl (C=O) groups excluding carboxylic acids is 2. The molecule has 0 spiro atoms. The summed E-state index contributed by atoms with van der Waals surface area (Å²) in [5.41, 5.74) is -1.78. The number of ether oxygens (including phenoxy) is 1. The molecule has 1 aromatic carbocycles. The van der Waals surface area contributed by atoms with Crippen LogP contribution in [0.15, 0.2) is 4.99 Å². The van der Waals surface area contributed by atoms with Gasteiger partial charge < -0.3 is 4.74 Å². The molecule has 0 heterocycles. The van der Waals surface area contributed by atoms with Crippen LogP contribution in [0.4, 0.5) is 26.3 Å². The van der Waals surface area contributed by atoms with Crippen LogP contribution in [0.25, 0.3) is 0 Å². The Morgan fingerprint density at radius 2 is 1.60 bits per heavy atom. The van der Waals surface area contributed by atoms with Crippen molar-refractivity contribution in [2.75, 3.05) is 6.61 Å². The Morgan fingerprint density at radius 1 is 1.12 bits per heavy atom. The van der Waals surface area contributed by atoms with Crippen LogP contribution in [0.2, 0.25) is 0 Å². The van der Waals surface area contributed by atoms with E-state index in [9.17, 15) is 35.9 Å². The van der Waals surface area contributed by atoms with Crippen molar-refractivity contribution in [3.05, 3.63) is 34.6 Å². The summed E-state index contributed by atoms with van der Waals surface area (Å²) < 4.78 is 84.3. The highest BCUT2D eigenvalue weighted by molar-refractivity contribution is 6.18. The van der Waals surface area contributed by atoms with Gasteiger partial charge in [0.1, 0.15) is 6.17 Å². The number of halogens is 6. The number of alkyl halides is 1. The number of hydrogen-bond donors (Lipinski definition) is 0. The Balaban J connectivity index is 2.46. The van der Waals surface area contributed by atoms with Crippen molar-refractivity contribution in [3.8, 4) is 0 Å². The van der Waals surface area contributed by atoms with Gasteiger partial charge in [-0.3, -0.25) is 14.6 Å². The fraction of sp³-hybridized carbons (Fsp3) is 0.400. The van der Waals surface area contributed by atoms with Crippen LogP contribution in [0, 0.1) is 35.0 Å². The molecule has 0 radical (unpaired) electrons. The smallest absolute Gasteiger partial charge is 0.322 e. The van der Waals surface area contributed by atoms with Crippen LogP contribution in [-0.4, -0.2) is 36.8 Å². The Labute approximate surface area is 137 Å². The number of nitrogens with zero attached hydrogens (tertiary/aromatic N) is 1. The molecular formula is C15H11F6NO3. The minimum atomic E-state index is -2.44. The SMILES string of the molecule is CCOC(=O)C(C=N[C@@H]1C[C@H]1F)C(=O)c1c(F)c(F)c(F)c(F)c1F. The average molecular weight is 367 g/mol. The lowest BCUT2D eigenvalue weighted by atomic mass is 9.97. The van der Waals surface area contributed by atoms with E-state index in [-0.39, 0.29) is 13.0 Å². The van der Waals surface area contributed by atoms with Crippen LogP contribution >= 0.6 is 0 Å². The molecule has 1 unspecified atom stereocenters. The molecule has 25 heavy (non-hydrogen) atoms. The highest BCUT2D eigenvalue weighted by atomic mass is 19.2. The minimum Gasteiger partial charge on any atom is -0.465 e. The topological polar surface area (TPSA) is 55.7 Å². The molecule has 3 atom stereocenters. The molecule has 1 aliphatic carbocycles. The van der Waals surface area contributed by atoms with E-state index < -0.39 is 64.5 Å². The zero-order chi connectivity index (χ0) is 18.9. The zero-order valence-corrected chi connectivity index (χ0v) is 12.7. The molecule has 0 saturated heterocycles. The van der Waals surface area contributed by atoms with Gasteiger partial charge in [-0.2, -0.15) is 0 Å². The van der Waals surface area contributed by atoms with E-state index >= 15 is 0 Å². The number of aliphatic imine (C=N–C) groups is 1. The van der Waals surface area contributed by atoms with Gasteiger partial charge in [-0.05, 0) is 6.92 Å². The first-order valence-corrected chi connectivity index (χ1v) is 7.10. The molecule has 0 aromatic heterocycles. The normalized spacial score (nSPS) is 20.6. The van der Waals surface area contributed by atoms with Gasteiger partial charge >= 0.3 is 5.97 Å². The van der Waals surface area contributed by atoms with E-state index in [1.807, 2.05) is 0 Å². The van der Waals surface area contributed by atoms with Gasteiger partial charge in [-0.15, -0.1) is 0 Å². The van der Waals surface area contributed by atoms with Crippen LogP contribution in [0.3, 0.4) is 0 Å². The largest absolute Gasteiger partial charge is 0.465 e. The summed E-state index contributed by atoms with van der Waals surface area (Å²) in [6.45, 7) is 1.15. The van der Waals surface area contributed by atoms with E-state index in [1.54, 1.807) is 0 Å². The van der Waals surface area contributed by atoms with Crippen molar-refractivity contribution >= 4 is 18.0 Å². The molecule has 0 bridgehead atoms. The molecule has 0 amide bonds. The van der Waals surface area contributed by atoms with E-state index in [4.69, 9.17) is 0 Å². The van der Waals surface area contributed by atoms with E-state index in [2.05, 4.69) is 9.73 Å². The fourth-order valence-corrected chi connectivity index (χ4v) is 1.95. The molecule has 1 fully saturated rings. The van der Waals surface area contributed by atoms with Crippen molar-refractivity contribution in [1.82, 2.24) is 0 Å². The Hall–Kier alpha value is -2.39. The van der Waals surface area contributed by atoms with Crippen molar-refractivity contribution < 1.29 is 40.7 Å². The summed E-state index contributed by atoms with van der Waals surface area (Å²) in [5, 5.41) is 0. The third-order valence-electron chi connectivity index (χ3n) is 3.39. The summed E-state index contributed by atoms with van der Waals surface area (Å²) >= 11 is 0. The second kappa shape index (κ2) is 7.24. The maximum atomic E-state index is 13.7. The molecule has 0 aliphatic heterocycles. The van der Waals surface area contributed by atoms with Crippen molar-refractivity contribution in [3.63, 3.8) is 0 Å². The summed E-state index contributed by atoms with van der Waals surface area (Å²) in [6, 6.07) is -0.832. The van der Waals surface area contributed by atoms with Gasteiger partial charge in [0.15, 0.2) is 35.0 Å². The second-order valence-corrected chi connectivity index (χ2v) is 5.16. The fourth-order valence-electron chi connectivity index (χ4n) is 1.95. The van der Waals surface area contributed by atoms with Gasteiger partial charge in [0.2, 0.25) is 5.82 Å². The highest BCUT2D eigenvalue weighted by Crippen LogP contribution is 2.29. The number of benzene rings is 1. The number of Topliss-reactive ketones (excluding diaryl/α,β-unsaturated/α-hetero) is 1. The number of esters is 1. The van der Waals surface area contributed by atoms with Crippen molar-refractivity contribution in [2.24, 2.45) is 10.9 Å².